The summed E-state index contributed by atoms with van der Waals surface area (Å²) in [5.74, 6) is 2.98. The first-order valence-electron chi connectivity index (χ1n) is 17.0. The maximum absolute atomic E-state index is 14.0. The van der Waals surface area contributed by atoms with Crippen LogP contribution in [-0.4, -0.2) is 65.4 Å². The Hall–Kier alpha value is -5.10. The van der Waals surface area contributed by atoms with Gasteiger partial charge in [-0.25, -0.2) is 14.2 Å². The third-order valence-corrected chi connectivity index (χ3v) is 9.59. The van der Waals surface area contributed by atoms with E-state index in [4.69, 9.17) is 37.3 Å². The number of pyridine rings is 1. The first-order chi connectivity index (χ1) is 25.0. The van der Waals surface area contributed by atoms with Crippen LogP contribution in [0.25, 0.3) is 11.1 Å². The van der Waals surface area contributed by atoms with Crippen LogP contribution in [0.4, 0.5) is 4.39 Å². The number of hydrazine groups is 1. The zero-order valence-electron chi connectivity index (χ0n) is 29.3. The van der Waals surface area contributed by atoms with Gasteiger partial charge in [0.1, 0.15) is 24.9 Å². The number of aromatic nitrogens is 1. The summed E-state index contributed by atoms with van der Waals surface area (Å²) in [5, 5.41) is 9.82. The number of benzene rings is 3. The third-order valence-electron chi connectivity index (χ3n) is 9.26. The fraction of sp³-hybridized carbons (Fsp3) is 0.300. The molecule has 3 aromatic carbocycles. The predicted octanol–water partition coefficient (Wildman–Crippen LogP) is 7.09. The zero-order chi connectivity index (χ0) is 37.4. The SMILES string of the molecule is CCC(C)C(c1ccc(F)cc1Cl)C(C(=O)OCCN(N)CC(=N)COC(=O)c1ccc2c(c1)C(=O)c1ccccc1-2)C(C)=NCc1ccncc1. The van der Waals surface area contributed by atoms with Crippen LogP contribution < -0.4 is 5.84 Å². The van der Waals surface area contributed by atoms with E-state index in [1.807, 2.05) is 38.1 Å². The van der Waals surface area contributed by atoms with Crippen molar-refractivity contribution in [2.24, 2.45) is 22.7 Å². The van der Waals surface area contributed by atoms with E-state index in [0.29, 0.717) is 35.4 Å². The number of hydrogen-bond donors (Lipinski definition) is 2. The molecule has 0 aliphatic heterocycles. The van der Waals surface area contributed by atoms with Gasteiger partial charge in [0, 0.05) is 46.7 Å². The molecule has 3 unspecified atom stereocenters. The summed E-state index contributed by atoms with van der Waals surface area (Å²) < 4.78 is 25.2. The molecular weight excluding hydrogens is 685 g/mol. The molecule has 0 amide bonds. The highest BCUT2D eigenvalue weighted by Crippen LogP contribution is 2.40. The Morgan fingerprint density at radius 3 is 2.42 bits per heavy atom. The highest BCUT2D eigenvalue weighted by molar-refractivity contribution is 6.31. The van der Waals surface area contributed by atoms with Gasteiger partial charge in [-0.2, -0.15) is 0 Å². The second-order valence-corrected chi connectivity index (χ2v) is 13.2. The molecule has 3 atom stereocenters. The largest absolute Gasteiger partial charge is 0.464 e. The smallest absolute Gasteiger partial charge is 0.338 e. The number of hydrogen-bond acceptors (Lipinski definition) is 10. The van der Waals surface area contributed by atoms with E-state index < -0.39 is 29.6 Å². The number of esters is 2. The summed E-state index contributed by atoms with van der Waals surface area (Å²) in [4.78, 5) is 48.3. The number of aliphatic imine (C=N–C) groups is 1. The number of fused-ring (bicyclic) bond motifs is 3. The molecule has 4 aromatic rings. The Morgan fingerprint density at radius 1 is 1.00 bits per heavy atom. The molecule has 0 fully saturated rings. The Labute approximate surface area is 307 Å². The maximum atomic E-state index is 14.0. The van der Waals surface area contributed by atoms with E-state index in [1.165, 1.54) is 23.2 Å². The van der Waals surface area contributed by atoms with Crippen LogP contribution >= 0.6 is 11.6 Å². The third kappa shape index (κ3) is 9.03. The molecule has 1 aromatic heterocycles. The molecule has 0 saturated carbocycles. The van der Waals surface area contributed by atoms with E-state index in [1.54, 1.807) is 49.6 Å². The first-order valence-corrected chi connectivity index (χ1v) is 17.4. The van der Waals surface area contributed by atoms with Crippen molar-refractivity contribution in [3.63, 3.8) is 0 Å². The second-order valence-electron chi connectivity index (χ2n) is 12.8. The minimum absolute atomic E-state index is 0.0200. The van der Waals surface area contributed by atoms with Gasteiger partial charge >= 0.3 is 11.9 Å². The van der Waals surface area contributed by atoms with Crippen LogP contribution in [0.1, 0.15) is 70.5 Å². The molecule has 0 radical (unpaired) electrons. The van der Waals surface area contributed by atoms with Crippen LogP contribution in [0.3, 0.4) is 0 Å². The highest BCUT2D eigenvalue weighted by Gasteiger charge is 2.37. The Bertz CT molecular complexity index is 1990. The number of ketones is 1. The lowest BCUT2D eigenvalue weighted by Gasteiger charge is -2.31. The molecule has 0 spiro atoms. The monoisotopic (exact) mass is 725 g/mol. The summed E-state index contributed by atoms with van der Waals surface area (Å²) in [6.45, 7) is 5.73. The minimum atomic E-state index is -0.827. The number of halogens is 2. The molecule has 0 bridgehead atoms. The summed E-state index contributed by atoms with van der Waals surface area (Å²) in [6, 6.07) is 20.0. The van der Waals surface area contributed by atoms with Crippen LogP contribution in [0.2, 0.25) is 5.02 Å². The van der Waals surface area contributed by atoms with Gasteiger partial charge in [-0.05, 0) is 71.5 Å². The van der Waals surface area contributed by atoms with Gasteiger partial charge in [-0.3, -0.25) is 25.4 Å². The van der Waals surface area contributed by atoms with Gasteiger partial charge in [-0.15, -0.1) is 0 Å². The van der Waals surface area contributed by atoms with Crippen molar-refractivity contribution in [3.8, 4) is 11.1 Å². The van der Waals surface area contributed by atoms with E-state index >= 15 is 0 Å². The Morgan fingerprint density at radius 2 is 1.71 bits per heavy atom. The number of carbonyl (C=O) groups is 3. The maximum Gasteiger partial charge on any atom is 0.338 e. The summed E-state index contributed by atoms with van der Waals surface area (Å²) in [5.41, 5.74) is 4.91. The van der Waals surface area contributed by atoms with Gasteiger partial charge in [-0.1, -0.05) is 68.3 Å². The van der Waals surface area contributed by atoms with Gasteiger partial charge < -0.3 is 14.9 Å². The van der Waals surface area contributed by atoms with Crippen molar-refractivity contribution >= 4 is 40.7 Å². The number of nitrogens with one attached hydrogen (secondary N) is 1. The minimum Gasteiger partial charge on any atom is -0.464 e. The molecule has 1 heterocycles. The lowest BCUT2D eigenvalue weighted by atomic mass is 9.74. The fourth-order valence-electron chi connectivity index (χ4n) is 6.33. The standard InChI is InChI=1S/C40H41ClFN5O5/c1-4-24(2)36(33-12-10-28(42)20-35(33)41)37(25(3)46-21-26-13-15-45-16-14-26)40(50)51-18-17-47(44)22-29(43)23-52-39(49)27-9-11-31-30-7-5-6-8-32(30)38(48)34(31)19-27/h5-16,19-20,24,36-37,43H,4,17-18,21-23,44H2,1-3H3. The number of rotatable bonds is 16. The van der Waals surface area contributed by atoms with E-state index in [9.17, 15) is 18.8 Å². The average molecular weight is 726 g/mol. The Balaban J connectivity index is 1.19. The van der Waals surface area contributed by atoms with Crippen molar-refractivity contribution in [3.05, 3.63) is 124 Å². The number of nitrogens with zero attached hydrogens (tertiary/aromatic N) is 3. The van der Waals surface area contributed by atoms with Crippen molar-refractivity contribution in [2.45, 2.75) is 39.7 Å². The second kappa shape index (κ2) is 17.4. The first kappa shape index (κ1) is 38.1. The van der Waals surface area contributed by atoms with Crippen LogP contribution in [-0.2, 0) is 20.8 Å². The molecule has 52 heavy (non-hydrogen) atoms. The predicted molar refractivity (Wildman–Crippen MR) is 198 cm³/mol. The van der Waals surface area contributed by atoms with E-state index in [0.717, 1.165) is 16.7 Å². The van der Waals surface area contributed by atoms with Gasteiger partial charge in [0.25, 0.3) is 0 Å². The zero-order valence-corrected chi connectivity index (χ0v) is 30.0. The lowest BCUT2D eigenvalue weighted by molar-refractivity contribution is -0.147. The van der Waals surface area contributed by atoms with Gasteiger partial charge in [0.05, 0.1) is 24.4 Å². The fourth-order valence-corrected chi connectivity index (χ4v) is 6.63. The Kier molecular flexibility index (Phi) is 12.8. The molecule has 5 rings (SSSR count). The lowest BCUT2D eigenvalue weighted by Crippen LogP contribution is -2.41. The summed E-state index contributed by atoms with van der Waals surface area (Å²) >= 11 is 6.54. The van der Waals surface area contributed by atoms with Gasteiger partial charge in [0.15, 0.2) is 5.78 Å². The van der Waals surface area contributed by atoms with E-state index in [-0.39, 0.29) is 54.3 Å². The summed E-state index contributed by atoms with van der Waals surface area (Å²) in [7, 11) is 0. The van der Waals surface area contributed by atoms with Crippen molar-refractivity contribution in [1.29, 1.82) is 5.41 Å². The van der Waals surface area contributed by atoms with Crippen LogP contribution in [0.5, 0.6) is 0 Å². The number of carbonyl (C=O) groups excluding carboxylic acids is 3. The van der Waals surface area contributed by atoms with Crippen molar-refractivity contribution in [2.75, 3.05) is 26.3 Å². The number of ether oxygens (including phenoxy) is 2. The normalized spacial score (nSPS) is 14.0. The molecule has 12 heteroatoms. The number of nitrogens with two attached hydrogens (primary N) is 1. The molecule has 10 nitrogen and oxygen atoms in total. The van der Waals surface area contributed by atoms with Crippen LogP contribution in [0.15, 0.2) is 90.2 Å². The topological polar surface area (TPSA) is 148 Å². The van der Waals surface area contributed by atoms with Gasteiger partial charge in [0.2, 0.25) is 0 Å². The molecule has 3 N–H and O–H groups in total. The molecular formula is C40H41ClFN5O5. The quantitative estimate of drug-likeness (QED) is 0.0474. The molecule has 270 valence electrons. The van der Waals surface area contributed by atoms with Crippen molar-refractivity contribution in [1.82, 2.24) is 9.99 Å². The molecule has 1 aliphatic rings. The average Bonchev–Trinajstić information content (AvgIpc) is 3.42. The molecule has 0 saturated heterocycles. The van der Waals surface area contributed by atoms with Crippen LogP contribution in [0, 0.1) is 23.1 Å². The summed E-state index contributed by atoms with van der Waals surface area (Å²) in [6.07, 6.45) is 4.05. The highest BCUT2D eigenvalue weighted by atomic mass is 35.5. The van der Waals surface area contributed by atoms with Crippen molar-refractivity contribution < 1.29 is 28.2 Å². The molecule has 1 aliphatic carbocycles. The van der Waals surface area contributed by atoms with E-state index in [2.05, 4.69) is 4.98 Å².